The SMILES string of the molecule is Cc1ccc(NC(=O)c2cnn(-c3ccccc3F)c2-n2cccc2)c(F)c1. The summed E-state index contributed by atoms with van der Waals surface area (Å²) >= 11 is 0. The van der Waals surface area contributed by atoms with Crippen LogP contribution in [-0.4, -0.2) is 20.3 Å². The second-order valence-electron chi connectivity index (χ2n) is 6.27. The van der Waals surface area contributed by atoms with Crippen LogP contribution >= 0.6 is 0 Å². The van der Waals surface area contributed by atoms with Gasteiger partial charge in [0, 0.05) is 12.4 Å². The maximum atomic E-state index is 14.3. The fourth-order valence-corrected chi connectivity index (χ4v) is 2.94. The van der Waals surface area contributed by atoms with E-state index in [4.69, 9.17) is 0 Å². The first-order valence-corrected chi connectivity index (χ1v) is 8.58. The van der Waals surface area contributed by atoms with Crippen LogP contribution in [-0.2, 0) is 0 Å². The van der Waals surface area contributed by atoms with E-state index < -0.39 is 17.5 Å². The Balaban J connectivity index is 1.79. The van der Waals surface area contributed by atoms with Gasteiger partial charge in [-0.3, -0.25) is 4.79 Å². The number of rotatable bonds is 4. The number of aromatic nitrogens is 3. The van der Waals surface area contributed by atoms with Gasteiger partial charge in [0.1, 0.15) is 22.9 Å². The van der Waals surface area contributed by atoms with E-state index in [1.54, 1.807) is 60.3 Å². The van der Waals surface area contributed by atoms with Crippen LogP contribution in [0.15, 0.2) is 73.2 Å². The van der Waals surface area contributed by atoms with Gasteiger partial charge in [-0.25, -0.2) is 13.5 Å². The minimum Gasteiger partial charge on any atom is -0.319 e. The average Bonchev–Trinajstić information content (AvgIpc) is 3.33. The molecule has 1 amide bonds. The van der Waals surface area contributed by atoms with Gasteiger partial charge >= 0.3 is 0 Å². The number of hydrogen-bond donors (Lipinski definition) is 1. The highest BCUT2D eigenvalue weighted by molar-refractivity contribution is 6.06. The molecule has 7 heteroatoms. The number of nitrogens with one attached hydrogen (secondary N) is 1. The van der Waals surface area contributed by atoms with Crippen molar-refractivity contribution in [3.63, 3.8) is 0 Å². The van der Waals surface area contributed by atoms with Crippen LogP contribution < -0.4 is 5.32 Å². The van der Waals surface area contributed by atoms with Crippen LogP contribution in [0, 0.1) is 18.6 Å². The molecule has 4 rings (SSSR count). The van der Waals surface area contributed by atoms with E-state index in [9.17, 15) is 13.6 Å². The molecule has 0 spiro atoms. The van der Waals surface area contributed by atoms with Crippen molar-refractivity contribution in [3.8, 4) is 11.5 Å². The summed E-state index contributed by atoms with van der Waals surface area (Å²) in [6.45, 7) is 1.76. The largest absolute Gasteiger partial charge is 0.319 e. The second kappa shape index (κ2) is 7.11. The minimum absolute atomic E-state index is 0.0627. The Kier molecular flexibility index (Phi) is 4.49. The summed E-state index contributed by atoms with van der Waals surface area (Å²) in [4.78, 5) is 12.9. The molecule has 0 saturated heterocycles. The normalized spacial score (nSPS) is 10.8. The van der Waals surface area contributed by atoms with E-state index in [2.05, 4.69) is 10.4 Å². The molecule has 0 aliphatic carbocycles. The van der Waals surface area contributed by atoms with Crippen molar-refractivity contribution in [1.29, 1.82) is 0 Å². The summed E-state index contributed by atoms with van der Waals surface area (Å²) in [5.74, 6) is -1.21. The van der Waals surface area contributed by atoms with Crippen molar-refractivity contribution in [2.75, 3.05) is 5.32 Å². The van der Waals surface area contributed by atoms with E-state index in [-0.39, 0.29) is 16.9 Å². The lowest BCUT2D eigenvalue weighted by Crippen LogP contribution is -2.16. The first kappa shape index (κ1) is 17.7. The Labute approximate surface area is 159 Å². The summed E-state index contributed by atoms with van der Waals surface area (Å²) in [6, 6.07) is 14.2. The summed E-state index contributed by atoms with van der Waals surface area (Å²) in [6.07, 6.45) is 4.78. The predicted octanol–water partition coefficient (Wildman–Crippen LogP) is 4.50. The zero-order valence-corrected chi connectivity index (χ0v) is 14.9. The Morgan fingerprint density at radius 1 is 1.00 bits per heavy atom. The van der Waals surface area contributed by atoms with Crippen LogP contribution in [0.5, 0.6) is 0 Å². The number of para-hydroxylation sites is 1. The highest BCUT2D eigenvalue weighted by Gasteiger charge is 2.22. The Bertz CT molecular complexity index is 1150. The third-order valence-corrected chi connectivity index (χ3v) is 4.29. The van der Waals surface area contributed by atoms with E-state index >= 15 is 0 Å². The summed E-state index contributed by atoms with van der Waals surface area (Å²) in [5, 5.41) is 6.76. The van der Waals surface area contributed by atoms with Gasteiger partial charge in [0.05, 0.1) is 11.9 Å². The molecule has 4 aromatic rings. The lowest BCUT2D eigenvalue weighted by Gasteiger charge is -2.12. The van der Waals surface area contributed by atoms with E-state index in [0.717, 1.165) is 5.56 Å². The maximum absolute atomic E-state index is 14.3. The molecule has 0 unspecified atom stereocenters. The Morgan fingerprint density at radius 2 is 1.75 bits per heavy atom. The molecule has 5 nitrogen and oxygen atoms in total. The molecule has 2 aromatic heterocycles. The summed E-state index contributed by atoms with van der Waals surface area (Å²) in [5.41, 5.74) is 1.19. The van der Waals surface area contributed by atoms with Gasteiger partial charge in [-0.2, -0.15) is 5.10 Å². The molecule has 28 heavy (non-hydrogen) atoms. The second-order valence-corrected chi connectivity index (χ2v) is 6.27. The van der Waals surface area contributed by atoms with E-state index in [1.165, 1.54) is 29.1 Å². The third kappa shape index (κ3) is 3.18. The topological polar surface area (TPSA) is 51.9 Å². The number of halogens is 2. The van der Waals surface area contributed by atoms with Crippen molar-refractivity contribution in [3.05, 3.63) is 95.9 Å². The molecule has 0 aliphatic rings. The molecular formula is C21H16F2N4O. The van der Waals surface area contributed by atoms with Gasteiger partial charge in [-0.05, 0) is 48.9 Å². The molecule has 140 valence electrons. The number of anilines is 1. The molecule has 0 bridgehead atoms. The van der Waals surface area contributed by atoms with Gasteiger partial charge in [0.2, 0.25) is 0 Å². The highest BCUT2D eigenvalue weighted by atomic mass is 19.1. The maximum Gasteiger partial charge on any atom is 0.261 e. The number of hydrogen-bond acceptors (Lipinski definition) is 2. The zero-order chi connectivity index (χ0) is 19.7. The van der Waals surface area contributed by atoms with Crippen LogP contribution in [0.25, 0.3) is 11.5 Å². The smallest absolute Gasteiger partial charge is 0.261 e. The molecule has 0 aliphatic heterocycles. The molecule has 2 heterocycles. The van der Waals surface area contributed by atoms with E-state index in [1.807, 2.05) is 0 Å². The van der Waals surface area contributed by atoms with Crippen molar-refractivity contribution in [2.45, 2.75) is 6.92 Å². The fourth-order valence-electron chi connectivity index (χ4n) is 2.94. The number of aryl methyl sites for hydroxylation is 1. The monoisotopic (exact) mass is 378 g/mol. The molecular weight excluding hydrogens is 362 g/mol. The van der Waals surface area contributed by atoms with Crippen molar-refractivity contribution >= 4 is 11.6 Å². The quantitative estimate of drug-likeness (QED) is 0.568. The molecule has 1 N–H and O–H groups in total. The molecule has 2 aromatic carbocycles. The minimum atomic E-state index is -0.547. The van der Waals surface area contributed by atoms with Gasteiger partial charge in [-0.15, -0.1) is 0 Å². The van der Waals surface area contributed by atoms with Gasteiger partial charge < -0.3 is 9.88 Å². The predicted molar refractivity (Wildman–Crippen MR) is 102 cm³/mol. The molecule has 0 saturated carbocycles. The third-order valence-electron chi connectivity index (χ3n) is 4.29. The van der Waals surface area contributed by atoms with Crippen LogP contribution in [0.4, 0.5) is 14.5 Å². The molecule has 0 fully saturated rings. The van der Waals surface area contributed by atoms with Crippen molar-refractivity contribution in [1.82, 2.24) is 14.3 Å². The first-order valence-electron chi connectivity index (χ1n) is 8.58. The molecule has 0 radical (unpaired) electrons. The standard InChI is InChI=1S/C21H16F2N4O/c1-14-8-9-18(17(23)12-14)25-20(28)15-13-24-27(19-7-3-2-6-16(19)22)21(15)26-10-4-5-11-26/h2-13H,1H3,(H,25,28). The summed E-state index contributed by atoms with van der Waals surface area (Å²) < 4.78 is 31.5. The summed E-state index contributed by atoms with van der Waals surface area (Å²) in [7, 11) is 0. The zero-order valence-electron chi connectivity index (χ0n) is 14.9. The average molecular weight is 378 g/mol. The number of nitrogens with zero attached hydrogens (tertiary/aromatic N) is 3. The van der Waals surface area contributed by atoms with Crippen LogP contribution in [0.2, 0.25) is 0 Å². The lowest BCUT2D eigenvalue weighted by atomic mass is 10.2. The lowest BCUT2D eigenvalue weighted by molar-refractivity contribution is 0.102. The van der Waals surface area contributed by atoms with Gasteiger partial charge in [0.15, 0.2) is 5.82 Å². The number of benzene rings is 2. The van der Waals surface area contributed by atoms with Crippen molar-refractivity contribution in [2.24, 2.45) is 0 Å². The Morgan fingerprint density at radius 3 is 2.46 bits per heavy atom. The van der Waals surface area contributed by atoms with Gasteiger partial charge in [0.25, 0.3) is 5.91 Å². The number of amides is 1. The van der Waals surface area contributed by atoms with Gasteiger partial charge in [-0.1, -0.05) is 18.2 Å². The molecule has 0 atom stereocenters. The van der Waals surface area contributed by atoms with Crippen LogP contribution in [0.1, 0.15) is 15.9 Å². The fraction of sp³-hybridized carbons (Fsp3) is 0.0476. The van der Waals surface area contributed by atoms with Crippen molar-refractivity contribution < 1.29 is 13.6 Å². The first-order chi connectivity index (χ1) is 13.5. The number of carbonyl (C=O) groups excluding carboxylic acids is 1. The van der Waals surface area contributed by atoms with E-state index in [0.29, 0.717) is 5.82 Å². The Hall–Kier alpha value is -3.74. The van der Waals surface area contributed by atoms with Crippen LogP contribution in [0.3, 0.4) is 0 Å². The highest BCUT2D eigenvalue weighted by Crippen LogP contribution is 2.23. The number of carbonyl (C=O) groups is 1.